The summed E-state index contributed by atoms with van der Waals surface area (Å²) in [5, 5.41) is -1.53. The summed E-state index contributed by atoms with van der Waals surface area (Å²) in [4.78, 5) is 10.7. The SMILES string of the molecule is O=C(Nc1ccc(Cl)cc1)C(F)(F)Cl. The molecule has 0 heterocycles. The molecule has 1 rings (SSSR count). The fourth-order valence-corrected chi connectivity index (χ4v) is 0.908. The highest BCUT2D eigenvalue weighted by Crippen LogP contribution is 2.21. The first-order chi connectivity index (χ1) is 6.39. The minimum absolute atomic E-state index is 0.208. The summed E-state index contributed by atoms with van der Waals surface area (Å²) in [6.45, 7) is 0. The van der Waals surface area contributed by atoms with Crippen LogP contribution in [0.15, 0.2) is 24.3 Å². The molecule has 0 spiro atoms. The van der Waals surface area contributed by atoms with Crippen molar-refractivity contribution in [2.24, 2.45) is 0 Å². The Bertz CT molecular complexity index is 334. The second kappa shape index (κ2) is 4.11. The Kier molecular flexibility index (Phi) is 3.29. The van der Waals surface area contributed by atoms with E-state index in [1.165, 1.54) is 24.3 Å². The Morgan fingerprint density at radius 1 is 1.29 bits per heavy atom. The minimum atomic E-state index is -3.90. The van der Waals surface area contributed by atoms with Gasteiger partial charge < -0.3 is 5.32 Å². The summed E-state index contributed by atoms with van der Waals surface area (Å²) < 4.78 is 24.4. The van der Waals surface area contributed by atoms with Crippen molar-refractivity contribution >= 4 is 34.8 Å². The van der Waals surface area contributed by atoms with Crippen molar-refractivity contribution in [1.29, 1.82) is 0 Å². The van der Waals surface area contributed by atoms with Gasteiger partial charge in [0.2, 0.25) is 0 Å². The number of carbonyl (C=O) groups is 1. The maximum absolute atomic E-state index is 12.2. The second-order valence-corrected chi connectivity index (χ2v) is 3.37. The molecule has 0 aromatic heterocycles. The standard InChI is InChI=1S/C8H5Cl2F2NO/c9-5-1-3-6(4-2-5)13-7(14)8(10,11)12/h1-4H,(H,13,14). The molecule has 14 heavy (non-hydrogen) atoms. The van der Waals surface area contributed by atoms with Crippen molar-refractivity contribution in [2.75, 3.05) is 5.32 Å². The van der Waals surface area contributed by atoms with Crippen LogP contribution in [-0.2, 0) is 4.79 Å². The summed E-state index contributed by atoms with van der Waals surface area (Å²) in [5.74, 6) is -1.57. The molecule has 0 aliphatic carbocycles. The lowest BCUT2D eigenvalue weighted by Crippen LogP contribution is -2.28. The summed E-state index contributed by atoms with van der Waals surface area (Å²) in [6.07, 6.45) is 0. The molecule has 6 heteroatoms. The zero-order chi connectivity index (χ0) is 10.8. The van der Waals surface area contributed by atoms with Gasteiger partial charge in [0.05, 0.1) is 0 Å². The molecule has 0 aliphatic heterocycles. The van der Waals surface area contributed by atoms with Gasteiger partial charge in [-0.3, -0.25) is 4.79 Å². The number of hydrogen-bond donors (Lipinski definition) is 1. The molecule has 1 aromatic rings. The third-order valence-electron chi connectivity index (χ3n) is 1.36. The van der Waals surface area contributed by atoms with Gasteiger partial charge in [-0.1, -0.05) is 11.6 Å². The molecule has 1 aromatic carbocycles. The molecule has 0 radical (unpaired) electrons. The van der Waals surface area contributed by atoms with Crippen LogP contribution in [0.25, 0.3) is 0 Å². The van der Waals surface area contributed by atoms with E-state index in [1.807, 2.05) is 5.32 Å². The van der Waals surface area contributed by atoms with Gasteiger partial charge in [-0.2, -0.15) is 8.78 Å². The first-order valence-corrected chi connectivity index (χ1v) is 4.29. The van der Waals surface area contributed by atoms with Crippen LogP contribution in [0, 0.1) is 0 Å². The molecule has 0 aliphatic rings. The van der Waals surface area contributed by atoms with Crippen molar-refractivity contribution in [3.8, 4) is 0 Å². The summed E-state index contributed by atoms with van der Waals surface area (Å²) in [6, 6.07) is 5.71. The van der Waals surface area contributed by atoms with Gasteiger partial charge in [0.15, 0.2) is 0 Å². The zero-order valence-corrected chi connectivity index (χ0v) is 8.24. The van der Waals surface area contributed by atoms with E-state index in [0.717, 1.165) is 0 Å². The summed E-state index contributed by atoms with van der Waals surface area (Å²) >= 11 is 10.0. The van der Waals surface area contributed by atoms with Crippen LogP contribution in [0.4, 0.5) is 14.5 Å². The number of rotatable bonds is 2. The number of anilines is 1. The molecule has 0 saturated carbocycles. The molecule has 0 saturated heterocycles. The molecule has 0 unspecified atom stereocenters. The number of amides is 1. The zero-order valence-electron chi connectivity index (χ0n) is 6.73. The van der Waals surface area contributed by atoms with Gasteiger partial charge in [0, 0.05) is 10.7 Å². The van der Waals surface area contributed by atoms with Crippen molar-refractivity contribution in [3.05, 3.63) is 29.3 Å². The first kappa shape index (κ1) is 11.2. The maximum atomic E-state index is 12.2. The monoisotopic (exact) mass is 239 g/mol. The number of nitrogens with one attached hydrogen (secondary N) is 1. The van der Waals surface area contributed by atoms with Crippen molar-refractivity contribution in [3.63, 3.8) is 0 Å². The fraction of sp³-hybridized carbons (Fsp3) is 0.125. The topological polar surface area (TPSA) is 29.1 Å². The average molecular weight is 240 g/mol. The molecule has 2 nitrogen and oxygen atoms in total. The maximum Gasteiger partial charge on any atom is 0.400 e. The molecule has 1 N–H and O–H groups in total. The highest BCUT2D eigenvalue weighted by Gasteiger charge is 2.35. The minimum Gasteiger partial charge on any atom is -0.320 e. The Morgan fingerprint density at radius 2 is 1.79 bits per heavy atom. The van der Waals surface area contributed by atoms with Crippen LogP contribution in [-0.4, -0.2) is 11.3 Å². The predicted molar refractivity (Wildman–Crippen MR) is 50.9 cm³/mol. The van der Waals surface area contributed by atoms with E-state index in [2.05, 4.69) is 11.6 Å². The number of benzene rings is 1. The van der Waals surface area contributed by atoms with Crippen LogP contribution in [0.5, 0.6) is 0 Å². The molecule has 1 amide bonds. The smallest absolute Gasteiger partial charge is 0.320 e. The fourth-order valence-electron chi connectivity index (χ4n) is 0.735. The van der Waals surface area contributed by atoms with Crippen molar-refractivity contribution in [1.82, 2.24) is 0 Å². The highest BCUT2D eigenvalue weighted by atomic mass is 35.5. The largest absolute Gasteiger partial charge is 0.400 e. The number of carbonyl (C=O) groups excluding carboxylic acids is 1. The van der Waals surface area contributed by atoms with Gasteiger partial charge in [-0.15, -0.1) is 0 Å². The number of alkyl halides is 3. The molecule has 0 atom stereocenters. The molecule has 76 valence electrons. The molecule has 0 bridgehead atoms. The lowest BCUT2D eigenvalue weighted by atomic mass is 10.3. The normalized spacial score (nSPS) is 11.1. The average Bonchev–Trinajstić information content (AvgIpc) is 2.07. The van der Waals surface area contributed by atoms with E-state index < -0.39 is 11.3 Å². The lowest BCUT2D eigenvalue weighted by molar-refractivity contribution is -0.130. The van der Waals surface area contributed by atoms with Gasteiger partial charge in [0.25, 0.3) is 0 Å². The van der Waals surface area contributed by atoms with E-state index in [0.29, 0.717) is 5.02 Å². The van der Waals surface area contributed by atoms with E-state index in [-0.39, 0.29) is 5.69 Å². The Labute approximate surface area is 88.8 Å². The first-order valence-electron chi connectivity index (χ1n) is 3.53. The number of halogens is 4. The van der Waals surface area contributed by atoms with Crippen LogP contribution >= 0.6 is 23.2 Å². The highest BCUT2D eigenvalue weighted by molar-refractivity contribution is 6.34. The van der Waals surface area contributed by atoms with Gasteiger partial charge in [0.1, 0.15) is 0 Å². The lowest BCUT2D eigenvalue weighted by Gasteiger charge is -2.08. The van der Waals surface area contributed by atoms with Crippen LogP contribution in [0.3, 0.4) is 0 Å². The Hall–Kier alpha value is -0.870. The number of hydrogen-bond acceptors (Lipinski definition) is 1. The van der Waals surface area contributed by atoms with Crippen LogP contribution in [0.2, 0.25) is 5.02 Å². The third kappa shape index (κ3) is 3.12. The van der Waals surface area contributed by atoms with Gasteiger partial charge in [-0.25, -0.2) is 0 Å². The second-order valence-electron chi connectivity index (χ2n) is 2.46. The summed E-state index contributed by atoms with van der Waals surface area (Å²) in [7, 11) is 0. The van der Waals surface area contributed by atoms with E-state index in [1.54, 1.807) is 0 Å². The van der Waals surface area contributed by atoms with Crippen LogP contribution < -0.4 is 5.32 Å². The molecular formula is C8H5Cl2F2NO. The van der Waals surface area contributed by atoms with Crippen LogP contribution in [0.1, 0.15) is 0 Å². The van der Waals surface area contributed by atoms with Crippen molar-refractivity contribution in [2.45, 2.75) is 5.38 Å². The summed E-state index contributed by atoms with van der Waals surface area (Å²) in [5.41, 5.74) is 0.208. The molecular weight excluding hydrogens is 235 g/mol. The quantitative estimate of drug-likeness (QED) is 0.790. The van der Waals surface area contributed by atoms with Gasteiger partial charge >= 0.3 is 11.3 Å². The Morgan fingerprint density at radius 3 is 2.21 bits per heavy atom. The Balaban J connectivity index is 2.71. The van der Waals surface area contributed by atoms with E-state index >= 15 is 0 Å². The predicted octanol–water partition coefficient (Wildman–Crippen LogP) is 3.11. The van der Waals surface area contributed by atoms with E-state index in [9.17, 15) is 13.6 Å². The third-order valence-corrected chi connectivity index (χ3v) is 1.78. The van der Waals surface area contributed by atoms with Gasteiger partial charge in [-0.05, 0) is 35.9 Å². The van der Waals surface area contributed by atoms with Crippen molar-refractivity contribution < 1.29 is 13.6 Å². The molecule has 0 fully saturated rings. The van der Waals surface area contributed by atoms with E-state index in [4.69, 9.17) is 11.6 Å².